The van der Waals surface area contributed by atoms with Crippen molar-refractivity contribution in [3.63, 3.8) is 0 Å². The molecule has 1 aliphatic carbocycles. The fourth-order valence-corrected chi connectivity index (χ4v) is 13.3. The van der Waals surface area contributed by atoms with Crippen LogP contribution in [0, 0.1) is 29.6 Å². The molecule has 3 unspecified atom stereocenters. The summed E-state index contributed by atoms with van der Waals surface area (Å²) < 4.78 is 28.6. The lowest BCUT2D eigenvalue weighted by atomic mass is 9.89. The summed E-state index contributed by atoms with van der Waals surface area (Å²) in [7, 11) is 7.31. The number of nitrogens with one attached hydrogen (secondary N) is 6. The number of carbonyl (C=O) groups excluding carboxylic acids is 10. The molecule has 1 saturated heterocycles. The maximum Gasteiger partial charge on any atom is 0.410 e. The highest BCUT2D eigenvalue weighted by atomic mass is 16.6. The average Bonchev–Trinajstić information content (AvgIpc) is 1.51. The van der Waals surface area contributed by atoms with Gasteiger partial charge in [-0.05, 0) is 94.9 Å². The number of nitrogens with zero attached hydrogens (tertiary/aromatic N) is 3. The van der Waals surface area contributed by atoms with Gasteiger partial charge < -0.3 is 71.1 Å². The van der Waals surface area contributed by atoms with E-state index in [4.69, 9.17) is 29.4 Å². The summed E-state index contributed by atoms with van der Waals surface area (Å²) in [5.41, 5.74) is 11.2. The molecular formula is C74H104N10O15. The number of fused-ring (bicyclic) bond motifs is 3. The Morgan fingerprint density at radius 1 is 0.636 bits per heavy atom. The van der Waals surface area contributed by atoms with Gasteiger partial charge in [-0.1, -0.05) is 160 Å². The zero-order chi connectivity index (χ0) is 72.8. The van der Waals surface area contributed by atoms with Gasteiger partial charge in [0, 0.05) is 59.4 Å². The number of hydrogen-bond acceptors (Lipinski definition) is 15. The normalized spacial score (nSPS) is 16.4. The second kappa shape index (κ2) is 37.7. The molecule has 1 heterocycles. The van der Waals surface area contributed by atoms with E-state index in [-0.39, 0.29) is 63.2 Å². The van der Waals surface area contributed by atoms with Crippen LogP contribution in [0.1, 0.15) is 129 Å². The molecule has 4 aromatic rings. The summed E-state index contributed by atoms with van der Waals surface area (Å²) >= 11 is 0. The van der Waals surface area contributed by atoms with Gasteiger partial charge in [-0.3, -0.25) is 33.7 Å². The molecule has 0 bridgehead atoms. The number of carbonyl (C=O) groups is 10. The molecule has 0 spiro atoms. The Bertz CT molecular complexity index is 3340. The van der Waals surface area contributed by atoms with E-state index >= 15 is 0 Å². The van der Waals surface area contributed by atoms with Crippen LogP contribution >= 0.6 is 0 Å². The fourth-order valence-electron chi connectivity index (χ4n) is 13.3. The molecule has 8 N–H and O–H groups in total. The monoisotopic (exact) mass is 1370 g/mol. The van der Waals surface area contributed by atoms with E-state index < -0.39 is 132 Å². The lowest BCUT2D eigenvalue weighted by Crippen LogP contribution is -2.60. The number of esters is 1. The molecule has 10 amide bonds. The third-order valence-corrected chi connectivity index (χ3v) is 18.9. The number of rotatable bonds is 35. The van der Waals surface area contributed by atoms with Crippen LogP contribution in [0.3, 0.4) is 0 Å². The number of nitrogens with two attached hydrogens (primary N) is 1. The van der Waals surface area contributed by atoms with E-state index in [1.807, 2.05) is 92.7 Å². The Balaban J connectivity index is 1.05. The molecule has 0 radical (unpaired) electrons. The van der Waals surface area contributed by atoms with Gasteiger partial charge in [0.2, 0.25) is 35.4 Å². The number of anilines is 1. The Kier molecular flexibility index (Phi) is 30.1. The molecular weight excluding hydrogens is 1270 g/mol. The first-order valence-corrected chi connectivity index (χ1v) is 34.2. The molecule has 1 fully saturated rings. The zero-order valence-electron chi connectivity index (χ0n) is 59.8. The minimum atomic E-state index is -1.13. The van der Waals surface area contributed by atoms with Gasteiger partial charge in [0.15, 0.2) is 0 Å². The molecule has 99 heavy (non-hydrogen) atoms. The minimum absolute atomic E-state index is 0.0296. The summed E-state index contributed by atoms with van der Waals surface area (Å²) in [6, 6.07) is 24.3. The van der Waals surface area contributed by atoms with E-state index in [0.29, 0.717) is 37.1 Å². The fraction of sp³-hybridized carbons (Fsp3) is 0.541. The first-order chi connectivity index (χ1) is 47.1. The lowest BCUT2D eigenvalue weighted by molar-refractivity contribution is -0.149. The van der Waals surface area contributed by atoms with Crippen LogP contribution in [0.4, 0.5) is 20.1 Å². The van der Waals surface area contributed by atoms with Crippen molar-refractivity contribution in [3.8, 4) is 11.1 Å². The van der Waals surface area contributed by atoms with Crippen LogP contribution in [0.15, 0.2) is 103 Å². The van der Waals surface area contributed by atoms with Crippen LogP contribution in [-0.2, 0) is 70.3 Å². The SMILES string of the molecule is CCC(C)[C@@H]([C@@H](CC(=O)N1CCC[C@H]1[C@H](OC)[C@@H](C)C(=O)NC(Cc1ccccc1)C(=O)OC)OC)N(C)C(=O)[C@@H](NC(=O)[C@H](C(C)C)N(C)C(=O)OCc1ccc(NC(=O)C(CCCNC(N)=O)NC(=O)[C@@H](NC(=O)OCC2c3ccccc3-c3ccccc32)C(C)C)cc1)C(C)C. The van der Waals surface area contributed by atoms with Crippen molar-refractivity contribution in [1.82, 2.24) is 41.3 Å². The van der Waals surface area contributed by atoms with E-state index in [1.54, 1.807) is 89.6 Å². The second-order valence-corrected chi connectivity index (χ2v) is 26.8. The number of hydrogen-bond donors (Lipinski definition) is 7. The summed E-state index contributed by atoms with van der Waals surface area (Å²) in [5, 5.41) is 16.6. The van der Waals surface area contributed by atoms with Crippen molar-refractivity contribution in [1.29, 1.82) is 0 Å². The highest BCUT2D eigenvalue weighted by Crippen LogP contribution is 2.44. The molecule has 2 aliphatic rings. The number of likely N-dealkylation sites (N-methyl/N-ethyl adjacent to an activating group) is 2. The molecule has 0 saturated carbocycles. The molecule has 1 aliphatic heterocycles. The Labute approximate surface area is 582 Å². The minimum Gasteiger partial charge on any atom is -0.467 e. The quantitative estimate of drug-likeness (QED) is 0.0132. The van der Waals surface area contributed by atoms with E-state index in [9.17, 15) is 47.9 Å². The van der Waals surface area contributed by atoms with Gasteiger partial charge in [0.1, 0.15) is 43.4 Å². The highest BCUT2D eigenvalue weighted by molar-refractivity contribution is 5.98. The van der Waals surface area contributed by atoms with Crippen LogP contribution in [0.2, 0.25) is 0 Å². The lowest BCUT2D eigenvalue weighted by Gasteiger charge is -2.41. The van der Waals surface area contributed by atoms with Gasteiger partial charge in [-0.25, -0.2) is 19.2 Å². The Morgan fingerprint density at radius 2 is 1.24 bits per heavy atom. The van der Waals surface area contributed by atoms with Crippen molar-refractivity contribution >= 4 is 65.3 Å². The van der Waals surface area contributed by atoms with Gasteiger partial charge >= 0.3 is 24.2 Å². The number of benzene rings is 4. The molecule has 6 rings (SSSR count). The van der Waals surface area contributed by atoms with Crippen LogP contribution < -0.4 is 37.6 Å². The maximum absolute atomic E-state index is 14.9. The second-order valence-electron chi connectivity index (χ2n) is 26.8. The predicted molar refractivity (Wildman–Crippen MR) is 374 cm³/mol. The molecule has 540 valence electrons. The van der Waals surface area contributed by atoms with Gasteiger partial charge in [-0.15, -0.1) is 0 Å². The molecule has 25 heteroatoms. The first kappa shape index (κ1) is 78.9. The first-order valence-electron chi connectivity index (χ1n) is 34.2. The molecule has 25 nitrogen and oxygen atoms in total. The zero-order valence-corrected chi connectivity index (χ0v) is 59.8. The van der Waals surface area contributed by atoms with Crippen molar-refractivity contribution in [2.45, 2.75) is 174 Å². The van der Waals surface area contributed by atoms with Crippen molar-refractivity contribution < 1.29 is 71.6 Å². The van der Waals surface area contributed by atoms with Gasteiger partial charge in [-0.2, -0.15) is 0 Å². The number of ether oxygens (including phenoxy) is 5. The van der Waals surface area contributed by atoms with Crippen molar-refractivity contribution in [3.05, 3.63) is 125 Å². The largest absolute Gasteiger partial charge is 0.467 e. The Morgan fingerprint density at radius 3 is 1.81 bits per heavy atom. The smallest absolute Gasteiger partial charge is 0.410 e. The standard InChI is InChI=1S/C74H104N10O15/c1-15-46(8)64(59(95-12)40-60(85)84-38-24-32-58(84)65(96-13)47(9)66(86)79-57(71(91)97-14)39-48-25-17-16-18-26-48)82(10)70(90)62(44(4)5)80-69(89)63(45(6)7)83(11)74(94)99-41-49-33-35-50(36-34-49)77-67(87)56(31-23-37-76-72(75)92)78-68(88)61(43(2)3)81-73(93)98-42-55-53-29-21-19-27-51(53)52-28-20-22-30-54(52)55/h16-22,25-30,33-36,43-47,55-59,61-65H,15,23-24,31-32,37-42H2,1-14H3,(H,77,87)(H,78,88)(H,79,86)(H,80,89)(H,81,93)(H3,75,76,92)/t46?,47-,56?,57?,58+,59-,61+,62+,63+,64+,65-/m1/s1. The maximum atomic E-state index is 14.9. The van der Waals surface area contributed by atoms with E-state index in [2.05, 4.69) is 31.9 Å². The van der Waals surface area contributed by atoms with Gasteiger partial charge in [0.05, 0.1) is 43.7 Å². The van der Waals surface area contributed by atoms with Crippen LogP contribution in [0.5, 0.6) is 0 Å². The topological polar surface area (TPSA) is 325 Å². The third kappa shape index (κ3) is 21.2. The number of alkyl carbamates (subject to hydrolysis) is 1. The molecule has 11 atom stereocenters. The summed E-state index contributed by atoms with van der Waals surface area (Å²) in [4.78, 5) is 142. The molecule has 4 aromatic carbocycles. The van der Waals surface area contributed by atoms with Crippen molar-refractivity contribution in [2.24, 2.45) is 35.3 Å². The summed E-state index contributed by atoms with van der Waals surface area (Å²) in [6.07, 6.45) is -0.916. The van der Waals surface area contributed by atoms with E-state index in [1.165, 1.54) is 33.3 Å². The van der Waals surface area contributed by atoms with Crippen LogP contribution in [0.25, 0.3) is 11.1 Å². The van der Waals surface area contributed by atoms with Crippen molar-refractivity contribution in [2.75, 3.05) is 60.4 Å². The van der Waals surface area contributed by atoms with Gasteiger partial charge in [0.25, 0.3) is 0 Å². The van der Waals surface area contributed by atoms with Crippen LogP contribution in [-0.4, -0.2) is 184 Å². The molecule has 0 aromatic heterocycles. The number of methoxy groups -OCH3 is 3. The van der Waals surface area contributed by atoms with E-state index in [0.717, 1.165) is 27.8 Å². The predicted octanol–water partition coefficient (Wildman–Crippen LogP) is 7.68. The number of amides is 10. The number of primary amides is 1. The third-order valence-electron chi connectivity index (χ3n) is 18.9. The number of urea groups is 1. The number of likely N-dealkylation sites (tertiary alicyclic amines) is 1. The Hall–Kier alpha value is -9.10. The average molecular weight is 1370 g/mol. The highest BCUT2D eigenvalue weighted by Gasteiger charge is 2.44. The summed E-state index contributed by atoms with van der Waals surface area (Å²) in [5.74, 6) is -6.02. The summed E-state index contributed by atoms with van der Waals surface area (Å²) in [6.45, 7) is 16.6.